The number of hydrogen-bond donors (Lipinski definition) is 3. The normalized spacial score (nSPS) is 14.1. The van der Waals surface area contributed by atoms with E-state index in [1.54, 1.807) is 12.1 Å². The van der Waals surface area contributed by atoms with Gasteiger partial charge in [0.25, 0.3) is 0 Å². The molecule has 1 saturated carbocycles. The van der Waals surface area contributed by atoms with Crippen LogP contribution in [0, 0.1) is 0 Å². The van der Waals surface area contributed by atoms with E-state index in [9.17, 15) is 9.59 Å². The van der Waals surface area contributed by atoms with Crippen molar-refractivity contribution in [3.05, 3.63) is 29.8 Å². The molecule has 2 amide bonds. The van der Waals surface area contributed by atoms with Crippen LogP contribution in [0.4, 0.5) is 5.69 Å². The highest BCUT2D eigenvalue weighted by molar-refractivity contribution is 5.92. The Bertz CT molecular complexity index is 438. The van der Waals surface area contributed by atoms with Crippen LogP contribution in [-0.4, -0.2) is 24.4 Å². The van der Waals surface area contributed by atoms with Crippen LogP contribution in [0.3, 0.4) is 0 Å². The SMILES string of the molecule is NCC(=O)Nc1ccc(CC(=O)NC2CC2)cc1. The third kappa shape index (κ3) is 3.85. The van der Waals surface area contributed by atoms with Crippen molar-refractivity contribution in [1.29, 1.82) is 0 Å². The molecule has 1 aromatic carbocycles. The molecule has 0 heterocycles. The molecule has 5 heteroatoms. The van der Waals surface area contributed by atoms with Crippen molar-refractivity contribution in [3.8, 4) is 0 Å². The van der Waals surface area contributed by atoms with Crippen LogP contribution in [0.1, 0.15) is 18.4 Å². The van der Waals surface area contributed by atoms with Crippen LogP contribution in [0.5, 0.6) is 0 Å². The molecular weight excluding hydrogens is 230 g/mol. The molecule has 18 heavy (non-hydrogen) atoms. The van der Waals surface area contributed by atoms with Gasteiger partial charge in [0.1, 0.15) is 0 Å². The van der Waals surface area contributed by atoms with Gasteiger partial charge in [-0.05, 0) is 30.5 Å². The number of hydrogen-bond acceptors (Lipinski definition) is 3. The zero-order valence-electron chi connectivity index (χ0n) is 10.1. The van der Waals surface area contributed by atoms with Gasteiger partial charge in [-0.15, -0.1) is 0 Å². The molecule has 1 fully saturated rings. The van der Waals surface area contributed by atoms with Gasteiger partial charge in [0, 0.05) is 11.7 Å². The van der Waals surface area contributed by atoms with Crippen LogP contribution in [-0.2, 0) is 16.0 Å². The summed E-state index contributed by atoms with van der Waals surface area (Å²) in [5, 5.41) is 5.58. The van der Waals surface area contributed by atoms with Gasteiger partial charge in [-0.2, -0.15) is 0 Å². The van der Waals surface area contributed by atoms with Gasteiger partial charge >= 0.3 is 0 Å². The van der Waals surface area contributed by atoms with Crippen molar-refractivity contribution in [2.24, 2.45) is 5.73 Å². The zero-order valence-corrected chi connectivity index (χ0v) is 10.1. The Balaban J connectivity index is 1.86. The van der Waals surface area contributed by atoms with Gasteiger partial charge in [-0.25, -0.2) is 0 Å². The lowest BCUT2D eigenvalue weighted by Crippen LogP contribution is -2.27. The van der Waals surface area contributed by atoms with Crippen molar-refractivity contribution < 1.29 is 9.59 Å². The van der Waals surface area contributed by atoms with Gasteiger partial charge in [0.2, 0.25) is 11.8 Å². The third-order valence-electron chi connectivity index (χ3n) is 2.73. The Morgan fingerprint density at radius 1 is 1.17 bits per heavy atom. The summed E-state index contributed by atoms with van der Waals surface area (Å²) in [6, 6.07) is 7.60. The van der Waals surface area contributed by atoms with Crippen molar-refractivity contribution in [2.75, 3.05) is 11.9 Å². The molecule has 1 aliphatic carbocycles. The van der Waals surface area contributed by atoms with Crippen LogP contribution in [0.25, 0.3) is 0 Å². The summed E-state index contributed by atoms with van der Waals surface area (Å²) in [5.41, 5.74) is 6.82. The summed E-state index contributed by atoms with van der Waals surface area (Å²) in [5.74, 6) is -0.175. The molecule has 96 valence electrons. The van der Waals surface area contributed by atoms with E-state index in [0.717, 1.165) is 18.4 Å². The summed E-state index contributed by atoms with van der Waals surface area (Å²) in [6.45, 7) is -0.0362. The molecule has 0 spiro atoms. The first-order valence-electron chi connectivity index (χ1n) is 6.05. The predicted molar refractivity (Wildman–Crippen MR) is 69.0 cm³/mol. The molecule has 2 rings (SSSR count). The van der Waals surface area contributed by atoms with Crippen molar-refractivity contribution in [2.45, 2.75) is 25.3 Å². The molecule has 0 aromatic heterocycles. The van der Waals surface area contributed by atoms with E-state index in [2.05, 4.69) is 10.6 Å². The standard InChI is InChI=1S/C13H17N3O2/c14-8-13(18)16-10-3-1-9(2-4-10)7-12(17)15-11-5-6-11/h1-4,11H,5-8,14H2,(H,15,17)(H,16,18). The highest BCUT2D eigenvalue weighted by Crippen LogP contribution is 2.18. The van der Waals surface area contributed by atoms with E-state index in [1.807, 2.05) is 12.1 Å². The lowest BCUT2D eigenvalue weighted by atomic mass is 10.1. The largest absolute Gasteiger partial charge is 0.353 e. The fraction of sp³-hybridized carbons (Fsp3) is 0.385. The van der Waals surface area contributed by atoms with E-state index in [1.165, 1.54) is 0 Å². The Hall–Kier alpha value is -1.88. The van der Waals surface area contributed by atoms with Gasteiger partial charge < -0.3 is 16.4 Å². The second kappa shape index (κ2) is 5.64. The maximum Gasteiger partial charge on any atom is 0.238 e. The molecule has 4 N–H and O–H groups in total. The predicted octanol–water partition coefficient (Wildman–Crippen LogP) is 0.405. The van der Waals surface area contributed by atoms with E-state index < -0.39 is 0 Å². The van der Waals surface area contributed by atoms with E-state index >= 15 is 0 Å². The van der Waals surface area contributed by atoms with Crippen molar-refractivity contribution >= 4 is 17.5 Å². The Morgan fingerprint density at radius 2 is 1.83 bits per heavy atom. The number of amides is 2. The van der Waals surface area contributed by atoms with Gasteiger partial charge in [-0.3, -0.25) is 9.59 Å². The van der Waals surface area contributed by atoms with E-state index in [0.29, 0.717) is 18.2 Å². The first-order valence-corrected chi connectivity index (χ1v) is 6.05. The summed E-state index contributed by atoms with van der Waals surface area (Å²) in [6.07, 6.45) is 2.56. The molecular formula is C13H17N3O2. The molecule has 5 nitrogen and oxygen atoms in total. The smallest absolute Gasteiger partial charge is 0.238 e. The van der Waals surface area contributed by atoms with Crippen LogP contribution >= 0.6 is 0 Å². The summed E-state index contributed by atoms with van der Waals surface area (Å²) >= 11 is 0. The molecule has 0 atom stereocenters. The Labute approximate surface area is 106 Å². The van der Waals surface area contributed by atoms with E-state index in [-0.39, 0.29) is 18.4 Å². The van der Waals surface area contributed by atoms with Gasteiger partial charge in [0.05, 0.1) is 13.0 Å². The maximum absolute atomic E-state index is 11.6. The summed E-state index contributed by atoms with van der Waals surface area (Å²) in [4.78, 5) is 22.6. The highest BCUT2D eigenvalue weighted by Gasteiger charge is 2.22. The molecule has 1 aromatic rings. The number of rotatable bonds is 5. The monoisotopic (exact) mass is 247 g/mol. The lowest BCUT2D eigenvalue weighted by molar-refractivity contribution is -0.120. The lowest BCUT2D eigenvalue weighted by Gasteiger charge is -2.06. The maximum atomic E-state index is 11.6. The first kappa shape index (κ1) is 12.6. The Morgan fingerprint density at radius 3 is 2.39 bits per heavy atom. The molecule has 0 unspecified atom stereocenters. The fourth-order valence-corrected chi connectivity index (χ4v) is 1.61. The van der Waals surface area contributed by atoms with Crippen LogP contribution in [0.15, 0.2) is 24.3 Å². The van der Waals surface area contributed by atoms with Crippen LogP contribution in [0.2, 0.25) is 0 Å². The minimum absolute atomic E-state index is 0.0362. The molecule has 0 bridgehead atoms. The number of anilines is 1. The second-order valence-electron chi connectivity index (χ2n) is 4.47. The molecule has 0 saturated heterocycles. The zero-order chi connectivity index (χ0) is 13.0. The van der Waals surface area contributed by atoms with Crippen LogP contribution < -0.4 is 16.4 Å². The third-order valence-corrected chi connectivity index (χ3v) is 2.73. The molecule has 1 aliphatic rings. The minimum Gasteiger partial charge on any atom is -0.353 e. The average Bonchev–Trinajstić information content (AvgIpc) is 3.15. The highest BCUT2D eigenvalue weighted by atomic mass is 16.2. The number of nitrogens with two attached hydrogens (primary N) is 1. The van der Waals surface area contributed by atoms with Gasteiger partial charge in [-0.1, -0.05) is 12.1 Å². The number of benzene rings is 1. The molecule has 0 radical (unpaired) electrons. The number of carbonyl (C=O) groups excluding carboxylic acids is 2. The van der Waals surface area contributed by atoms with Crippen molar-refractivity contribution in [3.63, 3.8) is 0 Å². The summed E-state index contributed by atoms with van der Waals surface area (Å²) < 4.78 is 0. The second-order valence-corrected chi connectivity index (χ2v) is 4.47. The average molecular weight is 247 g/mol. The van der Waals surface area contributed by atoms with Gasteiger partial charge in [0.15, 0.2) is 0 Å². The number of nitrogens with one attached hydrogen (secondary N) is 2. The minimum atomic E-state index is -0.228. The topological polar surface area (TPSA) is 84.2 Å². The fourth-order valence-electron chi connectivity index (χ4n) is 1.61. The number of carbonyl (C=O) groups is 2. The quantitative estimate of drug-likeness (QED) is 0.704. The Kier molecular flexibility index (Phi) is 3.94. The first-order chi connectivity index (χ1) is 8.67. The summed E-state index contributed by atoms with van der Waals surface area (Å²) in [7, 11) is 0. The molecule has 0 aliphatic heterocycles. The van der Waals surface area contributed by atoms with Crippen molar-refractivity contribution in [1.82, 2.24) is 5.32 Å². The van der Waals surface area contributed by atoms with E-state index in [4.69, 9.17) is 5.73 Å².